The van der Waals surface area contributed by atoms with Gasteiger partial charge in [-0.2, -0.15) is 5.10 Å². The zero-order chi connectivity index (χ0) is 11.7. The quantitative estimate of drug-likeness (QED) is 0.781. The zero-order valence-corrected chi connectivity index (χ0v) is 10.8. The molecule has 0 spiro atoms. The van der Waals surface area contributed by atoms with Crippen molar-refractivity contribution in [2.75, 3.05) is 13.1 Å². The third-order valence-corrected chi connectivity index (χ3v) is 3.81. The predicted molar refractivity (Wildman–Crippen MR) is 66.3 cm³/mol. The van der Waals surface area contributed by atoms with Crippen molar-refractivity contribution in [1.82, 2.24) is 14.7 Å². The van der Waals surface area contributed by atoms with Crippen molar-refractivity contribution in [2.45, 2.75) is 39.8 Å². The maximum atomic E-state index is 4.41. The molecule has 1 saturated heterocycles. The van der Waals surface area contributed by atoms with Gasteiger partial charge in [-0.05, 0) is 31.7 Å². The van der Waals surface area contributed by atoms with E-state index in [-0.39, 0.29) is 0 Å². The summed E-state index contributed by atoms with van der Waals surface area (Å²) in [5.41, 5.74) is 0. The molecule has 0 aromatic carbocycles. The number of hydrogen-bond donors (Lipinski definition) is 0. The van der Waals surface area contributed by atoms with E-state index in [0.29, 0.717) is 12.1 Å². The number of hydrogen-bond acceptors (Lipinski definition) is 2. The van der Waals surface area contributed by atoms with Gasteiger partial charge in [-0.15, -0.1) is 0 Å². The summed E-state index contributed by atoms with van der Waals surface area (Å²) in [6.07, 6.45) is 3.99. The molecule has 2 heterocycles. The van der Waals surface area contributed by atoms with Crippen LogP contribution in [0, 0.1) is 11.8 Å². The Morgan fingerprint density at radius 1 is 1.19 bits per heavy atom. The average Bonchev–Trinajstić information content (AvgIpc) is 2.86. The minimum Gasteiger partial charge on any atom is -0.298 e. The van der Waals surface area contributed by atoms with Crippen LogP contribution in [0.15, 0.2) is 18.5 Å². The van der Waals surface area contributed by atoms with Crippen LogP contribution in [0.5, 0.6) is 0 Å². The number of rotatable bonds is 3. The summed E-state index contributed by atoms with van der Waals surface area (Å²) in [7, 11) is 0. The fourth-order valence-electron chi connectivity index (χ4n) is 2.68. The first-order valence-electron chi connectivity index (χ1n) is 6.32. The fourth-order valence-corrected chi connectivity index (χ4v) is 2.68. The SMILES string of the molecule is CC(C)C1CN(C(C)C)CC1n1cccn1. The third kappa shape index (κ3) is 2.14. The van der Waals surface area contributed by atoms with Gasteiger partial charge in [-0.1, -0.05) is 13.8 Å². The molecular formula is C13H23N3. The van der Waals surface area contributed by atoms with Crippen LogP contribution >= 0.6 is 0 Å². The van der Waals surface area contributed by atoms with E-state index in [0.717, 1.165) is 18.4 Å². The Labute approximate surface area is 98.4 Å². The average molecular weight is 221 g/mol. The standard InChI is InChI=1S/C13H23N3/c1-10(2)12-8-15(11(3)4)9-13(12)16-7-5-6-14-16/h5-7,10-13H,8-9H2,1-4H3. The molecule has 3 heteroatoms. The van der Waals surface area contributed by atoms with Crippen molar-refractivity contribution >= 4 is 0 Å². The van der Waals surface area contributed by atoms with Gasteiger partial charge in [0.05, 0.1) is 6.04 Å². The molecule has 0 aliphatic carbocycles. The minimum absolute atomic E-state index is 0.553. The monoisotopic (exact) mass is 221 g/mol. The molecule has 2 unspecified atom stereocenters. The molecule has 1 fully saturated rings. The molecule has 2 rings (SSSR count). The lowest BCUT2D eigenvalue weighted by molar-refractivity contribution is 0.253. The summed E-state index contributed by atoms with van der Waals surface area (Å²) < 4.78 is 2.15. The second-order valence-corrected chi connectivity index (χ2v) is 5.51. The van der Waals surface area contributed by atoms with E-state index in [1.54, 1.807) is 0 Å². The summed E-state index contributed by atoms with van der Waals surface area (Å²) in [6.45, 7) is 11.6. The van der Waals surface area contributed by atoms with Crippen LogP contribution in [0.4, 0.5) is 0 Å². The first kappa shape index (κ1) is 11.6. The highest BCUT2D eigenvalue weighted by Gasteiger charge is 2.36. The Morgan fingerprint density at radius 2 is 1.94 bits per heavy atom. The molecule has 16 heavy (non-hydrogen) atoms. The summed E-state index contributed by atoms with van der Waals surface area (Å²) >= 11 is 0. The Kier molecular flexibility index (Phi) is 3.33. The van der Waals surface area contributed by atoms with Crippen molar-refractivity contribution in [1.29, 1.82) is 0 Å². The summed E-state index contributed by atoms with van der Waals surface area (Å²) in [4.78, 5) is 2.57. The van der Waals surface area contributed by atoms with Gasteiger partial charge in [0.1, 0.15) is 0 Å². The van der Waals surface area contributed by atoms with E-state index >= 15 is 0 Å². The normalized spacial score (nSPS) is 27.1. The molecule has 0 N–H and O–H groups in total. The molecule has 3 nitrogen and oxygen atoms in total. The van der Waals surface area contributed by atoms with Gasteiger partial charge in [-0.25, -0.2) is 0 Å². The highest BCUT2D eigenvalue weighted by atomic mass is 15.3. The Hall–Kier alpha value is -0.830. The largest absolute Gasteiger partial charge is 0.298 e. The molecule has 0 bridgehead atoms. The van der Waals surface area contributed by atoms with Gasteiger partial charge < -0.3 is 0 Å². The van der Waals surface area contributed by atoms with E-state index in [1.807, 2.05) is 12.3 Å². The van der Waals surface area contributed by atoms with Crippen LogP contribution in [0.1, 0.15) is 33.7 Å². The van der Waals surface area contributed by atoms with E-state index in [2.05, 4.69) is 48.6 Å². The Bertz CT molecular complexity index is 316. The summed E-state index contributed by atoms with van der Waals surface area (Å²) in [5.74, 6) is 1.44. The van der Waals surface area contributed by atoms with Gasteiger partial charge >= 0.3 is 0 Å². The first-order valence-corrected chi connectivity index (χ1v) is 6.32. The van der Waals surface area contributed by atoms with Gasteiger partial charge in [0.2, 0.25) is 0 Å². The summed E-state index contributed by atoms with van der Waals surface area (Å²) in [6, 6.07) is 3.22. The molecular weight excluding hydrogens is 198 g/mol. The molecule has 0 saturated carbocycles. The van der Waals surface area contributed by atoms with Crippen LogP contribution in [0.3, 0.4) is 0 Å². The molecule has 1 aliphatic rings. The zero-order valence-electron chi connectivity index (χ0n) is 10.8. The molecule has 1 aromatic heterocycles. The Balaban J connectivity index is 2.16. The smallest absolute Gasteiger partial charge is 0.0688 e. The van der Waals surface area contributed by atoms with E-state index in [4.69, 9.17) is 0 Å². The summed E-state index contributed by atoms with van der Waals surface area (Å²) in [5, 5.41) is 4.41. The lowest BCUT2D eigenvalue weighted by atomic mass is 9.91. The molecule has 1 aliphatic heterocycles. The topological polar surface area (TPSA) is 21.1 Å². The molecule has 1 aromatic rings. The van der Waals surface area contributed by atoms with E-state index < -0.39 is 0 Å². The highest BCUT2D eigenvalue weighted by Crippen LogP contribution is 2.33. The number of nitrogens with zero attached hydrogens (tertiary/aromatic N) is 3. The van der Waals surface area contributed by atoms with Gasteiger partial charge in [0.25, 0.3) is 0 Å². The lowest BCUT2D eigenvalue weighted by Crippen LogP contribution is -2.29. The predicted octanol–water partition coefficient (Wildman–Crippen LogP) is 2.42. The lowest BCUT2D eigenvalue weighted by Gasteiger charge is -2.22. The molecule has 2 atom stereocenters. The van der Waals surface area contributed by atoms with Crippen molar-refractivity contribution in [3.63, 3.8) is 0 Å². The minimum atomic E-state index is 0.553. The van der Waals surface area contributed by atoms with Crippen LogP contribution < -0.4 is 0 Å². The number of likely N-dealkylation sites (tertiary alicyclic amines) is 1. The molecule has 90 valence electrons. The second kappa shape index (κ2) is 4.58. The van der Waals surface area contributed by atoms with Crippen molar-refractivity contribution in [3.05, 3.63) is 18.5 Å². The van der Waals surface area contributed by atoms with Crippen molar-refractivity contribution in [2.24, 2.45) is 11.8 Å². The molecule has 0 radical (unpaired) electrons. The van der Waals surface area contributed by atoms with Gasteiger partial charge in [0, 0.05) is 31.5 Å². The van der Waals surface area contributed by atoms with Crippen LogP contribution in [-0.4, -0.2) is 33.8 Å². The second-order valence-electron chi connectivity index (χ2n) is 5.51. The van der Waals surface area contributed by atoms with E-state index in [9.17, 15) is 0 Å². The van der Waals surface area contributed by atoms with Crippen LogP contribution in [0.25, 0.3) is 0 Å². The van der Waals surface area contributed by atoms with Crippen LogP contribution in [-0.2, 0) is 0 Å². The van der Waals surface area contributed by atoms with Crippen LogP contribution in [0.2, 0.25) is 0 Å². The maximum absolute atomic E-state index is 4.41. The van der Waals surface area contributed by atoms with E-state index in [1.165, 1.54) is 6.54 Å². The van der Waals surface area contributed by atoms with Gasteiger partial charge in [0.15, 0.2) is 0 Å². The fraction of sp³-hybridized carbons (Fsp3) is 0.769. The van der Waals surface area contributed by atoms with Crippen molar-refractivity contribution in [3.8, 4) is 0 Å². The first-order chi connectivity index (χ1) is 7.59. The Morgan fingerprint density at radius 3 is 2.44 bits per heavy atom. The maximum Gasteiger partial charge on any atom is 0.0688 e. The molecule has 0 amide bonds. The third-order valence-electron chi connectivity index (χ3n) is 3.81. The highest BCUT2D eigenvalue weighted by molar-refractivity contribution is 4.93. The van der Waals surface area contributed by atoms with Crippen molar-refractivity contribution < 1.29 is 0 Å². The number of aromatic nitrogens is 2. The van der Waals surface area contributed by atoms with Gasteiger partial charge in [-0.3, -0.25) is 9.58 Å².